The van der Waals surface area contributed by atoms with Crippen LogP contribution in [0.15, 0.2) is 0 Å². The molecule has 1 atom stereocenters. The third kappa shape index (κ3) is 19.1. The summed E-state index contributed by atoms with van der Waals surface area (Å²) in [7, 11) is -2.64. The SMILES string of the molecule is CCCCCCCCCCCCO[P+](=O)[O-].[Cr+2]. The molecular weight excluding hydrogens is 275 g/mol. The fourth-order valence-electron chi connectivity index (χ4n) is 1.73. The first-order chi connectivity index (χ1) is 7.77. The summed E-state index contributed by atoms with van der Waals surface area (Å²) in [6, 6.07) is 0. The maximum absolute atomic E-state index is 10.1. The molecule has 0 aromatic carbocycles. The molecule has 0 aliphatic heterocycles. The van der Waals surface area contributed by atoms with Crippen molar-refractivity contribution >= 4 is 8.25 Å². The fourth-order valence-corrected chi connectivity index (χ4v) is 2.01. The van der Waals surface area contributed by atoms with Gasteiger partial charge in [0.25, 0.3) is 0 Å². The molecule has 0 amide bonds. The predicted molar refractivity (Wildman–Crippen MR) is 65.4 cm³/mol. The first-order valence-electron chi connectivity index (χ1n) is 6.54. The Bertz CT molecular complexity index is 168. The third-order valence-corrected chi connectivity index (χ3v) is 3.09. The van der Waals surface area contributed by atoms with Crippen LogP contribution in [0.1, 0.15) is 71.1 Å². The van der Waals surface area contributed by atoms with Crippen LogP contribution in [0.25, 0.3) is 0 Å². The molecule has 0 bridgehead atoms. The molecule has 1 unspecified atom stereocenters. The zero-order valence-electron chi connectivity index (χ0n) is 10.9. The third-order valence-electron chi connectivity index (χ3n) is 2.69. The number of hydrogen-bond donors (Lipinski definition) is 0. The molecule has 0 aromatic heterocycles. The first-order valence-corrected chi connectivity index (χ1v) is 7.64. The molecule has 0 radical (unpaired) electrons. The standard InChI is InChI=1S/C12H25O3P.Cr/c1-2-3-4-5-6-7-8-9-10-11-12-15-16(13)14;/h2-12H2,1H3;/q;+2. The molecule has 5 heteroatoms. The molecular formula is C12H25CrO3P+2. The summed E-state index contributed by atoms with van der Waals surface area (Å²) in [5.41, 5.74) is 0. The van der Waals surface area contributed by atoms with Gasteiger partial charge in [-0.1, -0.05) is 64.7 Å². The Balaban J connectivity index is 0. The van der Waals surface area contributed by atoms with Crippen LogP contribution >= 0.6 is 8.25 Å². The van der Waals surface area contributed by atoms with E-state index >= 15 is 0 Å². The fraction of sp³-hybridized carbons (Fsp3) is 1.00. The van der Waals surface area contributed by atoms with E-state index in [9.17, 15) is 9.46 Å². The molecule has 0 saturated heterocycles. The van der Waals surface area contributed by atoms with Crippen LogP contribution in [0.5, 0.6) is 0 Å². The van der Waals surface area contributed by atoms with Crippen molar-refractivity contribution in [3.05, 3.63) is 0 Å². The van der Waals surface area contributed by atoms with E-state index in [0.717, 1.165) is 12.8 Å². The first kappa shape index (κ1) is 19.9. The Morgan fingerprint density at radius 3 is 1.71 bits per heavy atom. The van der Waals surface area contributed by atoms with Crippen molar-refractivity contribution in [2.75, 3.05) is 6.61 Å². The van der Waals surface area contributed by atoms with E-state index in [4.69, 9.17) is 0 Å². The molecule has 0 aliphatic rings. The van der Waals surface area contributed by atoms with Crippen molar-refractivity contribution in [2.24, 2.45) is 0 Å². The number of unbranched alkanes of at least 4 members (excludes halogenated alkanes) is 9. The molecule has 0 heterocycles. The largest absolute Gasteiger partial charge is 2.00 e. The monoisotopic (exact) mass is 300 g/mol. The molecule has 0 aromatic rings. The van der Waals surface area contributed by atoms with Gasteiger partial charge in [-0.25, -0.2) is 0 Å². The van der Waals surface area contributed by atoms with Crippen LogP contribution in [0.2, 0.25) is 0 Å². The van der Waals surface area contributed by atoms with Gasteiger partial charge in [0.05, 0.1) is 0 Å². The maximum atomic E-state index is 10.1. The predicted octanol–water partition coefficient (Wildman–Crippen LogP) is 3.94. The van der Waals surface area contributed by atoms with Gasteiger partial charge in [0.2, 0.25) is 0 Å². The van der Waals surface area contributed by atoms with Gasteiger partial charge in [-0.15, -0.1) is 4.52 Å². The smallest absolute Gasteiger partial charge is 0.566 e. The van der Waals surface area contributed by atoms with Crippen molar-refractivity contribution in [1.29, 1.82) is 0 Å². The zero-order valence-corrected chi connectivity index (χ0v) is 13.0. The number of rotatable bonds is 12. The maximum Gasteiger partial charge on any atom is 2.00 e. The second-order valence-corrected chi connectivity index (χ2v) is 4.94. The van der Waals surface area contributed by atoms with Crippen molar-refractivity contribution in [2.45, 2.75) is 71.1 Å². The quantitative estimate of drug-likeness (QED) is 0.405. The molecule has 3 nitrogen and oxygen atoms in total. The van der Waals surface area contributed by atoms with Crippen molar-refractivity contribution < 1.29 is 31.3 Å². The van der Waals surface area contributed by atoms with E-state index in [1.807, 2.05) is 0 Å². The summed E-state index contributed by atoms with van der Waals surface area (Å²) in [6.07, 6.45) is 12.5. The molecule has 17 heavy (non-hydrogen) atoms. The second kappa shape index (κ2) is 16.6. The van der Waals surface area contributed by atoms with Gasteiger partial charge in [0.15, 0.2) is 0 Å². The molecule has 0 rings (SSSR count). The van der Waals surface area contributed by atoms with Gasteiger partial charge in [-0.2, -0.15) is 0 Å². The molecule has 0 N–H and O–H groups in total. The van der Waals surface area contributed by atoms with Gasteiger partial charge < -0.3 is 4.89 Å². The Labute approximate surface area is 117 Å². The molecule has 0 spiro atoms. The van der Waals surface area contributed by atoms with Crippen molar-refractivity contribution in [3.63, 3.8) is 0 Å². The topological polar surface area (TPSA) is 49.4 Å². The summed E-state index contributed by atoms with van der Waals surface area (Å²) in [5.74, 6) is 0. The van der Waals surface area contributed by atoms with Crippen LogP contribution in [0, 0.1) is 0 Å². The van der Waals surface area contributed by atoms with E-state index in [0.29, 0.717) is 6.61 Å². The minimum absolute atomic E-state index is 0. The molecule has 0 saturated carbocycles. The van der Waals surface area contributed by atoms with Crippen LogP contribution in [0.3, 0.4) is 0 Å². The average Bonchev–Trinajstić information content (AvgIpc) is 2.25. The summed E-state index contributed by atoms with van der Waals surface area (Å²) < 4.78 is 14.5. The summed E-state index contributed by atoms with van der Waals surface area (Å²) in [5, 5.41) is 0. The Morgan fingerprint density at radius 1 is 0.882 bits per heavy atom. The Hall–Kier alpha value is 0.552. The van der Waals surface area contributed by atoms with Gasteiger partial charge >= 0.3 is 25.6 Å². The van der Waals surface area contributed by atoms with Gasteiger partial charge in [-0.3, -0.25) is 0 Å². The second-order valence-electron chi connectivity index (χ2n) is 4.24. The Kier molecular flexibility index (Phi) is 19.4. The summed E-state index contributed by atoms with van der Waals surface area (Å²) in [6.45, 7) is 2.59. The van der Waals surface area contributed by atoms with Gasteiger partial charge in [0.1, 0.15) is 6.61 Å². The normalized spacial score (nSPS) is 11.1. The van der Waals surface area contributed by atoms with Crippen molar-refractivity contribution in [3.8, 4) is 0 Å². The van der Waals surface area contributed by atoms with Gasteiger partial charge in [-0.05, 0) is 11.0 Å². The van der Waals surface area contributed by atoms with Crippen molar-refractivity contribution in [1.82, 2.24) is 0 Å². The van der Waals surface area contributed by atoms with Crippen LogP contribution in [-0.4, -0.2) is 6.61 Å². The van der Waals surface area contributed by atoms with E-state index in [1.165, 1.54) is 51.4 Å². The Morgan fingerprint density at radius 2 is 1.29 bits per heavy atom. The van der Waals surface area contributed by atoms with Crippen LogP contribution in [-0.2, 0) is 26.4 Å². The minimum atomic E-state index is -2.64. The number of hydrogen-bond acceptors (Lipinski definition) is 3. The van der Waals surface area contributed by atoms with E-state index in [2.05, 4.69) is 11.4 Å². The van der Waals surface area contributed by atoms with Crippen LogP contribution in [0.4, 0.5) is 0 Å². The molecule has 100 valence electrons. The van der Waals surface area contributed by atoms with E-state index in [1.54, 1.807) is 0 Å². The summed E-state index contributed by atoms with van der Waals surface area (Å²) in [4.78, 5) is 10.1. The van der Waals surface area contributed by atoms with E-state index < -0.39 is 8.25 Å². The average molecular weight is 300 g/mol. The molecule has 0 fully saturated rings. The van der Waals surface area contributed by atoms with Crippen LogP contribution < -0.4 is 4.89 Å². The van der Waals surface area contributed by atoms with E-state index in [-0.39, 0.29) is 17.4 Å². The zero-order chi connectivity index (χ0) is 12.1. The summed E-state index contributed by atoms with van der Waals surface area (Å²) >= 11 is 0. The minimum Gasteiger partial charge on any atom is -0.566 e. The molecule has 0 aliphatic carbocycles. The van der Waals surface area contributed by atoms with Gasteiger partial charge in [0, 0.05) is 0 Å².